The van der Waals surface area contributed by atoms with Crippen LogP contribution in [-0.4, -0.2) is 30.3 Å². The van der Waals surface area contributed by atoms with Crippen molar-refractivity contribution in [1.29, 1.82) is 0 Å². The lowest BCUT2D eigenvalue weighted by atomic mass is 9.99. The molecule has 0 saturated carbocycles. The van der Waals surface area contributed by atoms with Gasteiger partial charge in [-0.3, -0.25) is 4.79 Å². The van der Waals surface area contributed by atoms with Crippen LogP contribution in [0.2, 0.25) is 0 Å². The van der Waals surface area contributed by atoms with E-state index in [-0.39, 0.29) is 5.92 Å². The quantitative estimate of drug-likeness (QED) is 0.697. The predicted molar refractivity (Wildman–Crippen MR) is 63.9 cm³/mol. The molecule has 0 aromatic carbocycles. The largest absolute Gasteiger partial charge is 0.303 e. The molecule has 2 nitrogen and oxygen atoms in total. The van der Waals surface area contributed by atoms with Gasteiger partial charge in [-0.05, 0) is 38.3 Å². The maximum Gasteiger partial charge on any atom is 0.135 e. The van der Waals surface area contributed by atoms with Crippen LogP contribution in [-0.2, 0) is 4.79 Å². The average molecular weight is 211 g/mol. The molecule has 0 spiro atoms. The standard InChI is InChI=1S/C13H25NO/c1-11(2)13(15)7-5-9-14-8-4-6-12(3)10-14/h11-12H,4-10H2,1-3H3. The number of rotatable bonds is 5. The van der Waals surface area contributed by atoms with Crippen molar-refractivity contribution in [3.63, 3.8) is 0 Å². The number of Topliss-reactive ketones (excluding diaryl/α,β-unsaturated/α-hetero) is 1. The van der Waals surface area contributed by atoms with Crippen molar-refractivity contribution in [3.8, 4) is 0 Å². The molecule has 1 saturated heterocycles. The second kappa shape index (κ2) is 6.26. The van der Waals surface area contributed by atoms with Gasteiger partial charge in [-0.1, -0.05) is 20.8 Å². The van der Waals surface area contributed by atoms with E-state index in [2.05, 4.69) is 11.8 Å². The predicted octanol–water partition coefficient (Wildman–Crippen LogP) is 2.72. The maximum atomic E-state index is 11.4. The van der Waals surface area contributed by atoms with Crippen LogP contribution in [0, 0.1) is 11.8 Å². The fraction of sp³-hybridized carbons (Fsp3) is 0.923. The van der Waals surface area contributed by atoms with Crippen LogP contribution in [0.4, 0.5) is 0 Å². The summed E-state index contributed by atoms with van der Waals surface area (Å²) in [5.41, 5.74) is 0. The molecule has 0 aromatic heterocycles. The van der Waals surface area contributed by atoms with Crippen LogP contribution in [0.25, 0.3) is 0 Å². The lowest BCUT2D eigenvalue weighted by Gasteiger charge is -2.30. The number of likely N-dealkylation sites (tertiary alicyclic amines) is 1. The van der Waals surface area contributed by atoms with Gasteiger partial charge in [0.05, 0.1) is 0 Å². The second-order valence-corrected chi connectivity index (χ2v) is 5.27. The summed E-state index contributed by atoms with van der Waals surface area (Å²) < 4.78 is 0. The smallest absolute Gasteiger partial charge is 0.135 e. The minimum absolute atomic E-state index is 0.213. The van der Waals surface area contributed by atoms with E-state index in [0.717, 1.165) is 25.3 Å². The molecular formula is C13H25NO. The van der Waals surface area contributed by atoms with E-state index in [0.29, 0.717) is 5.78 Å². The Morgan fingerprint density at radius 3 is 2.80 bits per heavy atom. The number of ketones is 1. The van der Waals surface area contributed by atoms with E-state index in [9.17, 15) is 4.79 Å². The van der Waals surface area contributed by atoms with Gasteiger partial charge >= 0.3 is 0 Å². The van der Waals surface area contributed by atoms with Crippen LogP contribution >= 0.6 is 0 Å². The summed E-state index contributed by atoms with van der Waals surface area (Å²) in [4.78, 5) is 13.9. The molecule has 1 heterocycles. The zero-order chi connectivity index (χ0) is 11.3. The van der Waals surface area contributed by atoms with Gasteiger partial charge in [0.1, 0.15) is 5.78 Å². The highest BCUT2D eigenvalue weighted by Crippen LogP contribution is 2.15. The van der Waals surface area contributed by atoms with Gasteiger partial charge < -0.3 is 4.90 Å². The van der Waals surface area contributed by atoms with Crippen molar-refractivity contribution in [2.24, 2.45) is 11.8 Å². The summed E-state index contributed by atoms with van der Waals surface area (Å²) in [6.45, 7) is 9.89. The molecule has 0 aliphatic carbocycles. The molecule has 1 aliphatic rings. The summed E-state index contributed by atoms with van der Waals surface area (Å²) in [7, 11) is 0. The van der Waals surface area contributed by atoms with Crippen LogP contribution in [0.3, 0.4) is 0 Å². The Morgan fingerprint density at radius 1 is 1.47 bits per heavy atom. The third-order valence-corrected chi connectivity index (χ3v) is 3.28. The van der Waals surface area contributed by atoms with Crippen molar-refractivity contribution in [1.82, 2.24) is 4.90 Å². The van der Waals surface area contributed by atoms with E-state index in [1.807, 2.05) is 13.8 Å². The second-order valence-electron chi connectivity index (χ2n) is 5.27. The molecule has 15 heavy (non-hydrogen) atoms. The first-order valence-corrected chi connectivity index (χ1v) is 6.34. The molecule has 0 aromatic rings. The van der Waals surface area contributed by atoms with Gasteiger partial charge in [-0.2, -0.15) is 0 Å². The van der Waals surface area contributed by atoms with Gasteiger partial charge in [0.25, 0.3) is 0 Å². The molecule has 0 amide bonds. The van der Waals surface area contributed by atoms with Gasteiger partial charge in [-0.25, -0.2) is 0 Å². The van der Waals surface area contributed by atoms with Crippen molar-refractivity contribution in [2.75, 3.05) is 19.6 Å². The number of carbonyl (C=O) groups is 1. The Hall–Kier alpha value is -0.370. The Bertz CT molecular complexity index is 201. The van der Waals surface area contributed by atoms with Gasteiger partial charge in [0, 0.05) is 18.9 Å². The molecule has 1 fully saturated rings. The van der Waals surface area contributed by atoms with Crippen LogP contribution in [0.15, 0.2) is 0 Å². The van der Waals surface area contributed by atoms with E-state index in [4.69, 9.17) is 0 Å². The van der Waals surface area contributed by atoms with E-state index < -0.39 is 0 Å². The Morgan fingerprint density at radius 2 is 2.20 bits per heavy atom. The van der Waals surface area contributed by atoms with Crippen molar-refractivity contribution < 1.29 is 4.79 Å². The fourth-order valence-electron chi connectivity index (χ4n) is 2.26. The summed E-state index contributed by atoms with van der Waals surface area (Å²) >= 11 is 0. The van der Waals surface area contributed by atoms with E-state index in [1.165, 1.54) is 25.9 Å². The molecular weight excluding hydrogens is 186 g/mol. The van der Waals surface area contributed by atoms with Gasteiger partial charge in [-0.15, -0.1) is 0 Å². The molecule has 1 atom stereocenters. The molecule has 0 N–H and O–H groups in total. The first-order chi connectivity index (χ1) is 7.09. The normalized spacial score (nSPS) is 23.3. The molecule has 0 radical (unpaired) electrons. The average Bonchev–Trinajstić information content (AvgIpc) is 2.17. The monoisotopic (exact) mass is 211 g/mol. The third kappa shape index (κ3) is 4.78. The Kier molecular flexibility index (Phi) is 5.30. The fourth-order valence-corrected chi connectivity index (χ4v) is 2.26. The van der Waals surface area contributed by atoms with Crippen molar-refractivity contribution >= 4 is 5.78 Å². The van der Waals surface area contributed by atoms with Crippen LogP contribution < -0.4 is 0 Å². The van der Waals surface area contributed by atoms with Gasteiger partial charge in [0.15, 0.2) is 0 Å². The minimum Gasteiger partial charge on any atom is -0.303 e. The number of carbonyl (C=O) groups excluding carboxylic acids is 1. The minimum atomic E-state index is 0.213. The topological polar surface area (TPSA) is 20.3 Å². The molecule has 0 bridgehead atoms. The highest BCUT2D eigenvalue weighted by atomic mass is 16.1. The lowest BCUT2D eigenvalue weighted by Crippen LogP contribution is -2.35. The highest BCUT2D eigenvalue weighted by molar-refractivity contribution is 5.80. The molecule has 1 unspecified atom stereocenters. The first-order valence-electron chi connectivity index (χ1n) is 6.34. The third-order valence-electron chi connectivity index (χ3n) is 3.28. The number of hydrogen-bond donors (Lipinski definition) is 0. The maximum absolute atomic E-state index is 11.4. The molecule has 1 rings (SSSR count). The first kappa shape index (κ1) is 12.7. The van der Waals surface area contributed by atoms with Crippen LogP contribution in [0.5, 0.6) is 0 Å². The molecule has 88 valence electrons. The summed E-state index contributed by atoms with van der Waals surface area (Å²) in [6, 6.07) is 0. The molecule has 1 aliphatic heterocycles. The summed E-state index contributed by atoms with van der Waals surface area (Å²) in [5, 5.41) is 0. The molecule has 2 heteroatoms. The van der Waals surface area contributed by atoms with Crippen molar-refractivity contribution in [3.05, 3.63) is 0 Å². The number of piperidine rings is 1. The van der Waals surface area contributed by atoms with Gasteiger partial charge in [0.2, 0.25) is 0 Å². The SMILES string of the molecule is CC1CCCN(CCCC(=O)C(C)C)C1. The van der Waals surface area contributed by atoms with Crippen molar-refractivity contribution in [2.45, 2.75) is 46.5 Å². The Labute approximate surface area is 94.0 Å². The lowest BCUT2D eigenvalue weighted by molar-refractivity contribution is -0.122. The number of nitrogens with zero attached hydrogens (tertiary/aromatic N) is 1. The highest BCUT2D eigenvalue weighted by Gasteiger charge is 2.16. The Balaban J connectivity index is 2.11. The van der Waals surface area contributed by atoms with Crippen LogP contribution in [0.1, 0.15) is 46.5 Å². The number of hydrogen-bond acceptors (Lipinski definition) is 2. The zero-order valence-electron chi connectivity index (χ0n) is 10.5. The summed E-state index contributed by atoms with van der Waals surface area (Å²) in [5.74, 6) is 1.48. The van der Waals surface area contributed by atoms with E-state index in [1.54, 1.807) is 0 Å². The summed E-state index contributed by atoms with van der Waals surface area (Å²) in [6.07, 6.45) is 4.52. The zero-order valence-corrected chi connectivity index (χ0v) is 10.5. The van der Waals surface area contributed by atoms with E-state index >= 15 is 0 Å².